The van der Waals surface area contributed by atoms with Crippen LogP contribution >= 0.6 is 11.3 Å². The Bertz CT molecular complexity index is 663. The second kappa shape index (κ2) is 5.19. The lowest BCUT2D eigenvalue weighted by Crippen LogP contribution is -1.99. The lowest BCUT2D eigenvalue weighted by atomic mass is 10.1. The van der Waals surface area contributed by atoms with Crippen molar-refractivity contribution < 1.29 is 4.52 Å². The van der Waals surface area contributed by atoms with Gasteiger partial charge < -0.3 is 9.84 Å². The molecule has 96 valence electrons. The first kappa shape index (κ1) is 11.9. The highest BCUT2D eigenvalue weighted by atomic mass is 32.1. The van der Waals surface area contributed by atoms with Crippen LogP contribution in [0.1, 0.15) is 10.7 Å². The first-order chi connectivity index (χ1) is 9.33. The Balaban J connectivity index is 1.85. The SMILES string of the molecule is Cc1noc(-c2ccccc2NCc2cncs2)n1. The van der Waals surface area contributed by atoms with E-state index in [1.54, 1.807) is 18.3 Å². The number of nitrogens with one attached hydrogen (secondary N) is 1. The van der Waals surface area contributed by atoms with E-state index in [0.29, 0.717) is 11.7 Å². The minimum Gasteiger partial charge on any atom is -0.379 e. The zero-order valence-electron chi connectivity index (χ0n) is 10.3. The van der Waals surface area contributed by atoms with Crippen LogP contribution < -0.4 is 5.32 Å². The largest absolute Gasteiger partial charge is 0.379 e. The number of aryl methyl sites for hydroxylation is 1. The molecule has 6 heteroatoms. The van der Waals surface area contributed by atoms with Crippen LogP contribution in [0, 0.1) is 6.92 Å². The molecule has 3 aromatic rings. The van der Waals surface area contributed by atoms with Crippen LogP contribution in [0.2, 0.25) is 0 Å². The van der Waals surface area contributed by atoms with Crippen LogP contribution in [-0.4, -0.2) is 15.1 Å². The monoisotopic (exact) mass is 272 g/mol. The van der Waals surface area contributed by atoms with Crippen LogP contribution in [0.25, 0.3) is 11.5 Å². The Morgan fingerprint density at radius 3 is 2.95 bits per heavy atom. The molecule has 0 radical (unpaired) electrons. The van der Waals surface area contributed by atoms with E-state index in [-0.39, 0.29) is 0 Å². The van der Waals surface area contributed by atoms with Gasteiger partial charge in [-0.05, 0) is 19.1 Å². The number of hydrogen-bond acceptors (Lipinski definition) is 6. The molecular formula is C13H12N4OS. The summed E-state index contributed by atoms with van der Waals surface area (Å²) >= 11 is 1.62. The van der Waals surface area contributed by atoms with Crippen molar-refractivity contribution in [3.63, 3.8) is 0 Å². The van der Waals surface area contributed by atoms with Gasteiger partial charge in [0, 0.05) is 16.8 Å². The molecule has 19 heavy (non-hydrogen) atoms. The number of para-hydroxylation sites is 1. The van der Waals surface area contributed by atoms with Crippen LogP contribution in [0.3, 0.4) is 0 Å². The highest BCUT2D eigenvalue weighted by molar-refractivity contribution is 7.09. The standard InChI is InChI=1S/C13H12N4OS/c1-9-16-13(18-17-9)11-4-2-3-5-12(11)15-7-10-6-14-8-19-10/h2-6,8,15H,7H2,1H3. The summed E-state index contributed by atoms with van der Waals surface area (Å²) in [6, 6.07) is 7.88. The second-order valence-electron chi connectivity index (χ2n) is 4.01. The average molecular weight is 272 g/mol. The maximum absolute atomic E-state index is 5.22. The van der Waals surface area contributed by atoms with Crippen molar-refractivity contribution in [2.75, 3.05) is 5.32 Å². The van der Waals surface area contributed by atoms with Gasteiger partial charge in [-0.25, -0.2) is 0 Å². The summed E-state index contributed by atoms with van der Waals surface area (Å²) in [6.07, 6.45) is 1.86. The normalized spacial score (nSPS) is 10.6. The molecule has 0 aliphatic rings. The molecule has 0 amide bonds. The number of rotatable bonds is 4. The van der Waals surface area contributed by atoms with Crippen LogP contribution in [0.4, 0.5) is 5.69 Å². The van der Waals surface area contributed by atoms with Crippen molar-refractivity contribution in [3.8, 4) is 11.5 Å². The first-order valence-corrected chi connectivity index (χ1v) is 6.72. The maximum atomic E-state index is 5.22. The van der Waals surface area contributed by atoms with Crippen molar-refractivity contribution >= 4 is 17.0 Å². The maximum Gasteiger partial charge on any atom is 0.260 e. The van der Waals surface area contributed by atoms with E-state index in [9.17, 15) is 0 Å². The van der Waals surface area contributed by atoms with Gasteiger partial charge in [0.2, 0.25) is 0 Å². The highest BCUT2D eigenvalue weighted by Gasteiger charge is 2.10. The molecule has 0 atom stereocenters. The summed E-state index contributed by atoms with van der Waals surface area (Å²) in [6.45, 7) is 2.54. The quantitative estimate of drug-likeness (QED) is 0.790. The third-order valence-corrected chi connectivity index (χ3v) is 3.40. The molecule has 3 rings (SSSR count). The Morgan fingerprint density at radius 2 is 2.21 bits per heavy atom. The van der Waals surface area contributed by atoms with Gasteiger partial charge in [-0.15, -0.1) is 11.3 Å². The summed E-state index contributed by atoms with van der Waals surface area (Å²) in [5.74, 6) is 1.16. The van der Waals surface area contributed by atoms with Gasteiger partial charge in [0.1, 0.15) is 0 Å². The van der Waals surface area contributed by atoms with Crippen molar-refractivity contribution in [1.29, 1.82) is 0 Å². The van der Waals surface area contributed by atoms with Crippen LogP contribution in [-0.2, 0) is 6.54 Å². The molecular weight excluding hydrogens is 260 g/mol. The minimum atomic E-state index is 0.532. The highest BCUT2D eigenvalue weighted by Crippen LogP contribution is 2.26. The average Bonchev–Trinajstić information content (AvgIpc) is 3.08. The molecule has 0 saturated carbocycles. The number of anilines is 1. The van der Waals surface area contributed by atoms with Crippen molar-refractivity contribution in [3.05, 3.63) is 46.7 Å². The number of benzene rings is 1. The smallest absolute Gasteiger partial charge is 0.260 e. The minimum absolute atomic E-state index is 0.532. The Hall–Kier alpha value is -2.21. The van der Waals surface area contributed by atoms with Gasteiger partial charge in [0.05, 0.1) is 17.6 Å². The molecule has 2 heterocycles. The second-order valence-corrected chi connectivity index (χ2v) is 4.98. The van der Waals surface area contributed by atoms with Crippen molar-refractivity contribution in [2.24, 2.45) is 0 Å². The van der Waals surface area contributed by atoms with E-state index in [1.165, 1.54) is 4.88 Å². The van der Waals surface area contributed by atoms with Gasteiger partial charge in [0.15, 0.2) is 5.82 Å². The molecule has 5 nitrogen and oxygen atoms in total. The van der Waals surface area contributed by atoms with Gasteiger partial charge in [-0.1, -0.05) is 17.3 Å². The lowest BCUT2D eigenvalue weighted by molar-refractivity contribution is 0.426. The topological polar surface area (TPSA) is 63.8 Å². The molecule has 0 aliphatic carbocycles. The molecule has 0 aliphatic heterocycles. The molecule has 0 saturated heterocycles. The van der Waals surface area contributed by atoms with E-state index >= 15 is 0 Å². The summed E-state index contributed by atoms with van der Waals surface area (Å²) in [5.41, 5.74) is 3.71. The summed E-state index contributed by atoms with van der Waals surface area (Å²) in [4.78, 5) is 9.49. The Kier molecular flexibility index (Phi) is 3.24. The lowest BCUT2D eigenvalue weighted by Gasteiger charge is -2.08. The molecule has 0 unspecified atom stereocenters. The predicted octanol–water partition coefficient (Wildman–Crippen LogP) is 3.11. The van der Waals surface area contributed by atoms with Gasteiger partial charge in [0.25, 0.3) is 5.89 Å². The van der Waals surface area contributed by atoms with Crippen LogP contribution in [0.5, 0.6) is 0 Å². The zero-order valence-corrected chi connectivity index (χ0v) is 11.1. The summed E-state index contributed by atoms with van der Waals surface area (Å²) in [5, 5.41) is 7.19. The van der Waals surface area contributed by atoms with Crippen LogP contribution in [0.15, 0.2) is 40.5 Å². The molecule has 1 N–H and O–H groups in total. The van der Waals surface area contributed by atoms with E-state index in [0.717, 1.165) is 17.8 Å². The number of aromatic nitrogens is 3. The van der Waals surface area contributed by atoms with Crippen molar-refractivity contribution in [1.82, 2.24) is 15.1 Å². The van der Waals surface area contributed by atoms with E-state index in [4.69, 9.17) is 4.52 Å². The van der Waals surface area contributed by atoms with Crippen molar-refractivity contribution in [2.45, 2.75) is 13.5 Å². The van der Waals surface area contributed by atoms with Gasteiger partial charge >= 0.3 is 0 Å². The van der Waals surface area contributed by atoms with E-state index in [1.807, 2.05) is 36.0 Å². The Labute approximate surface area is 114 Å². The molecule has 0 spiro atoms. The summed E-state index contributed by atoms with van der Waals surface area (Å²) in [7, 11) is 0. The number of nitrogens with zero attached hydrogens (tertiary/aromatic N) is 3. The van der Waals surface area contributed by atoms with Gasteiger partial charge in [-0.2, -0.15) is 4.98 Å². The number of hydrogen-bond donors (Lipinski definition) is 1. The van der Waals surface area contributed by atoms with Gasteiger partial charge in [-0.3, -0.25) is 4.98 Å². The molecule has 2 aromatic heterocycles. The molecule has 0 bridgehead atoms. The first-order valence-electron chi connectivity index (χ1n) is 5.84. The third-order valence-electron chi connectivity index (χ3n) is 2.62. The predicted molar refractivity (Wildman–Crippen MR) is 73.9 cm³/mol. The zero-order chi connectivity index (χ0) is 13.1. The van der Waals surface area contributed by atoms with E-state index < -0.39 is 0 Å². The molecule has 1 aromatic carbocycles. The fourth-order valence-electron chi connectivity index (χ4n) is 1.74. The fourth-order valence-corrected chi connectivity index (χ4v) is 2.28. The third kappa shape index (κ3) is 2.63. The number of thiazole rings is 1. The van der Waals surface area contributed by atoms with E-state index in [2.05, 4.69) is 20.4 Å². The molecule has 0 fully saturated rings. The Morgan fingerprint density at radius 1 is 1.32 bits per heavy atom. The summed E-state index contributed by atoms with van der Waals surface area (Å²) < 4.78 is 5.22. The fraction of sp³-hybridized carbons (Fsp3) is 0.154.